The molecule has 5 aromatic rings. The van der Waals surface area contributed by atoms with Crippen molar-refractivity contribution in [2.24, 2.45) is 0 Å². The molecule has 37 heavy (non-hydrogen) atoms. The first-order chi connectivity index (χ1) is 17.7. The molecular formula is C30H22FNO4S. The Hall–Kier alpha value is -4.49. The molecule has 184 valence electrons. The number of aromatic carboxylic acids is 1. The summed E-state index contributed by atoms with van der Waals surface area (Å²) in [5, 5.41) is 10.4. The molecule has 0 radical (unpaired) electrons. The number of carboxylic acids is 1. The summed E-state index contributed by atoms with van der Waals surface area (Å²) in [5.74, 6) is -1.40. The van der Waals surface area contributed by atoms with Crippen LogP contribution in [0.2, 0.25) is 0 Å². The molecule has 5 nitrogen and oxygen atoms in total. The molecule has 0 aliphatic rings. The fourth-order valence-electron chi connectivity index (χ4n) is 4.18. The highest BCUT2D eigenvalue weighted by atomic mass is 32.2. The van der Waals surface area contributed by atoms with Gasteiger partial charge in [0.15, 0.2) is 0 Å². The van der Waals surface area contributed by atoms with E-state index in [2.05, 4.69) is 0 Å². The SMILES string of the molecule is Cc1ccc(S(=O)(=O)n2ccc3cc(C=Cc4cc(-c5ccc(F)cc5)ccc4C(=O)O)ccc32)cc1. The van der Waals surface area contributed by atoms with Crippen molar-refractivity contribution in [3.8, 4) is 11.1 Å². The van der Waals surface area contributed by atoms with Gasteiger partial charge in [0.05, 0.1) is 16.0 Å². The van der Waals surface area contributed by atoms with Crippen LogP contribution in [0.3, 0.4) is 0 Å². The first kappa shape index (κ1) is 24.2. The number of carbonyl (C=O) groups is 1. The van der Waals surface area contributed by atoms with E-state index in [0.717, 1.165) is 27.6 Å². The zero-order valence-electron chi connectivity index (χ0n) is 19.8. The Morgan fingerprint density at radius 1 is 0.838 bits per heavy atom. The summed E-state index contributed by atoms with van der Waals surface area (Å²) in [5.41, 5.74) is 4.46. The first-order valence-corrected chi connectivity index (χ1v) is 12.9. The van der Waals surface area contributed by atoms with Crippen LogP contribution >= 0.6 is 0 Å². The average Bonchev–Trinajstić information content (AvgIpc) is 3.32. The van der Waals surface area contributed by atoms with Gasteiger partial charge in [0, 0.05) is 11.6 Å². The molecule has 0 fully saturated rings. The van der Waals surface area contributed by atoms with E-state index < -0.39 is 16.0 Å². The normalized spacial score (nSPS) is 11.8. The van der Waals surface area contributed by atoms with E-state index in [1.807, 2.05) is 13.0 Å². The molecule has 1 aromatic heterocycles. The van der Waals surface area contributed by atoms with Crippen molar-refractivity contribution < 1.29 is 22.7 Å². The van der Waals surface area contributed by atoms with Crippen molar-refractivity contribution in [1.29, 1.82) is 0 Å². The number of nitrogens with zero attached hydrogens (tertiary/aromatic N) is 1. The van der Waals surface area contributed by atoms with Gasteiger partial charge in [-0.25, -0.2) is 21.6 Å². The number of aromatic nitrogens is 1. The van der Waals surface area contributed by atoms with Gasteiger partial charge in [-0.15, -0.1) is 0 Å². The van der Waals surface area contributed by atoms with Gasteiger partial charge in [0.1, 0.15) is 5.82 Å². The van der Waals surface area contributed by atoms with Crippen LogP contribution in [0.5, 0.6) is 0 Å². The molecule has 5 rings (SSSR count). The third-order valence-electron chi connectivity index (χ3n) is 6.17. The van der Waals surface area contributed by atoms with E-state index in [-0.39, 0.29) is 16.3 Å². The highest BCUT2D eigenvalue weighted by molar-refractivity contribution is 7.90. The molecule has 0 saturated carbocycles. The number of hydrogen-bond acceptors (Lipinski definition) is 3. The maximum Gasteiger partial charge on any atom is 0.336 e. The topological polar surface area (TPSA) is 76.4 Å². The second kappa shape index (κ2) is 9.52. The number of aryl methyl sites for hydroxylation is 1. The zero-order chi connectivity index (χ0) is 26.2. The lowest BCUT2D eigenvalue weighted by molar-refractivity contribution is 0.0696. The molecule has 0 spiro atoms. The summed E-state index contributed by atoms with van der Waals surface area (Å²) in [4.78, 5) is 12.0. The number of carboxylic acid groups (broad SMARTS) is 1. The Morgan fingerprint density at radius 2 is 1.54 bits per heavy atom. The van der Waals surface area contributed by atoms with Gasteiger partial charge in [-0.1, -0.05) is 54.1 Å². The van der Waals surface area contributed by atoms with E-state index >= 15 is 0 Å². The molecular weight excluding hydrogens is 489 g/mol. The highest BCUT2D eigenvalue weighted by Gasteiger charge is 2.18. The van der Waals surface area contributed by atoms with E-state index in [4.69, 9.17) is 0 Å². The quantitative estimate of drug-likeness (QED) is 0.253. The third-order valence-corrected chi connectivity index (χ3v) is 7.88. The van der Waals surface area contributed by atoms with Gasteiger partial charge in [-0.3, -0.25) is 0 Å². The predicted octanol–water partition coefficient (Wildman–Crippen LogP) is 6.86. The smallest absolute Gasteiger partial charge is 0.336 e. The van der Waals surface area contributed by atoms with Crippen LogP contribution in [-0.4, -0.2) is 23.5 Å². The van der Waals surface area contributed by atoms with Gasteiger partial charge in [0.2, 0.25) is 0 Å². The summed E-state index contributed by atoms with van der Waals surface area (Å²) in [6, 6.07) is 24.8. The second-order valence-electron chi connectivity index (χ2n) is 8.70. The summed E-state index contributed by atoms with van der Waals surface area (Å²) in [7, 11) is -3.75. The predicted molar refractivity (Wildman–Crippen MR) is 143 cm³/mol. The Bertz CT molecular complexity index is 1770. The van der Waals surface area contributed by atoms with Crippen LogP contribution in [0.1, 0.15) is 27.0 Å². The first-order valence-electron chi connectivity index (χ1n) is 11.5. The van der Waals surface area contributed by atoms with Crippen LogP contribution in [0.15, 0.2) is 102 Å². The molecule has 0 saturated heterocycles. The van der Waals surface area contributed by atoms with E-state index in [1.54, 1.807) is 78.9 Å². The maximum absolute atomic E-state index is 13.3. The molecule has 0 unspecified atom stereocenters. The summed E-state index contributed by atoms with van der Waals surface area (Å²) >= 11 is 0. The van der Waals surface area contributed by atoms with Crippen LogP contribution in [-0.2, 0) is 10.0 Å². The number of hydrogen-bond donors (Lipinski definition) is 1. The number of halogens is 1. The van der Waals surface area contributed by atoms with Gasteiger partial charge in [-0.05, 0) is 83.8 Å². The van der Waals surface area contributed by atoms with Crippen molar-refractivity contribution in [3.63, 3.8) is 0 Å². The number of fused-ring (bicyclic) bond motifs is 1. The zero-order valence-corrected chi connectivity index (χ0v) is 20.6. The minimum Gasteiger partial charge on any atom is -0.478 e. The lowest BCUT2D eigenvalue weighted by Crippen LogP contribution is -2.11. The fourth-order valence-corrected chi connectivity index (χ4v) is 5.53. The largest absolute Gasteiger partial charge is 0.478 e. The van der Waals surface area contributed by atoms with Crippen molar-refractivity contribution in [2.75, 3.05) is 0 Å². The lowest BCUT2D eigenvalue weighted by atomic mass is 9.98. The Morgan fingerprint density at radius 3 is 2.24 bits per heavy atom. The molecule has 0 atom stereocenters. The molecule has 7 heteroatoms. The van der Waals surface area contributed by atoms with Gasteiger partial charge in [-0.2, -0.15) is 0 Å². The van der Waals surface area contributed by atoms with Crippen LogP contribution in [0, 0.1) is 12.7 Å². The van der Waals surface area contributed by atoms with Gasteiger partial charge in [0.25, 0.3) is 10.0 Å². The summed E-state index contributed by atoms with van der Waals surface area (Å²) < 4.78 is 40.9. The highest BCUT2D eigenvalue weighted by Crippen LogP contribution is 2.27. The lowest BCUT2D eigenvalue weighted by Gasteiger charge is -2.08. The maximum atomic E-state index is 13.3. The monoisotopic (exact) mass is 511 g/mol. The molecule has 0 aliphatic carbocycles. The standard InChI is InChI=1S/C30H22FNO4S/c1-20-2-12-27(13-3-20)37(35,36)32-17-16-25-18-21(5-15-29(25)32)4-6-24-19-23(9-14-28(24)30(33)34)22-7-10-26(31)11-8-22/h2-19H,1H3,(H,33,34). The molecule has 1 N–H and O–H groups in total. The second-order valence-corrected chi connectivity index (χ2v) is 10.5. The van der Waals surface area contributed by atoms with Crippen molar-refractivity contribution in [2.45, 2.75) is 11.8 Å². The molecule has 1 heterocycles. The van der Waals surface area contributed by atoms with Crippen molar-refractivity contribution in [1.82, 2.24) is 3.97 Å². The van der Waals surface area contributed by atoms with Gasteiger partial charge >= 0.3 is 5.97 Å². The Kier molecular flexibility index (Phi) is 6.23. The van der Waals surface area contributed by atoms with E-state index in [9.17, 15) is 22.7 Å². The fraction of sp³-hybridized carbons (Fsp3) is 0.0333. The Labute approximate surface area is 213 Å². The van der Waals surface area contributed by atoms with Crippen LogP contribution in [0.25, 0.3) is 34.2 Å². The number of benzene rings is 4. The van der Waals surface area contributed by atoms with Crippen molar-refractivity contribution in [3.05, 3.63) is 125 Å². The minimum absolute atomic E-state index is 0.138. The van der Waals surface area contributed by atoms with Crippen LogP contribution in [0.4, 0.5) is 4.39 Å². The molecule has 0 amide bonds. The molecule has 0 bridgehead atoms. The third kappa shape index (κ3) is 4.81. The summed E-state index contributed by atoms with van der Waals surface area (Å²) in [6.07, 6.45) is 5.02. The van der Waals surface area contributed by atoms with E-state index in [1.165, 1.54) is 28.4 Å². The van der Waals surface area contributed by atoms with Gasteiger partial charge < -0.3 is 5.11 Å². The summed E-state index contributed by atoms with van der Waals surface area (Å²) in [6.45, 7) is 1.90. The van der Waals surface area contributed by atoms with Crippen molar-refractivity contribution >= 4 is 39.0 Å². The van der Waals surface area contributed by atoms with Crippen LogP contribution < -0.4 is 0 Å². The van der Waals surface area contributed by atoms with E-state index in [0.29, 0.717) is 11.1 Å². The molecule has 4 aromatic carbocycles. The minimum atomic E-state index is -3.75. The Balaban J connectivity index is 1.49. The number of rotatable bonds is 6. The molecule has 0 aliphatic heterocycles. The average molecular weight is 512 g/mol.